The lowest BCUT2D eigenvalue weighted by molar-refractivity contribution is 0.129. The monoisotopic (exact) mass is 500 g/mol. The number of aromatic nitrogens is 1. The second kappa shape index (κ2) is 11.3. The van der Waals surface area contributed by atoms with Gasteiger partial charge >= 0.3 is 0 Å². The summed E-state index contributed by atoms with van der Waals surface area (Å²) in [5.41, 5.74) is 1.16. The standard InChI is InChI=1S/C20H25ClN4O.HI/c1-22-20(23-12-9-16-7-8-19(21)24-15-16)25-13-10-18(11-14-25)26-17-5-3-2-4-6-17;/h2-8,15,18H,9-14H2,1H3,(H,22,23);1H. The second-order valence-electron chi connectivity index (χ2n) is 6.33. The van der Waals surface area contributed by atoms with Gasteiger partial charge in [0.25, 0.3) is 0 Å². The molecule has 0 spiro atoms. The van der Waals surface area contributed by atoms with Crippen LogP contribution in [0.3, 0.4) is 0 Å². The summed E-state index contributed by atoms with van der Waals surface area (Å²) in [5, 5.41) is 3.97. The first kappa shape index (κ1) is 21.8. The molecule has 1 aromatic heterocycles. The molecule has 1 N–H and O–H groups in total. The molecule has 1 aliphatic heterocycles. The SMILES string of the molecule is CN=C(NCCc1ccc(Cl)nc1)N1CCC(Oc2ccccc2)CC1.I. The molecule has 5 nitrogen and oxygen atoms in total. The summed E-state index contributed by atoms with van der Waals surface area (Å²) < 4.78 is 6.06. The first-order chi connectivity index (χ1) is 12.7. The van der Waals surface area contributed by atoms with Crippen molar-refractivity contribution in [3.05, 3.63) is 59.4 Å². The molecule has 0 saturated carbocycles. The number of halogens is 2. The van der Waals surface area contributed by atoms with E-state index in [-0.39, 0.29) is 30.1 Å². The largest absolute Gasteiger partial charge is 0.490 e. The first-order valence-corrected chi connectivity index (χ1v) is 9.40. The van der Waals surface area contributed by atoms with E-state index in [2.05, 4.69) is 20.2 Å². The third kappa shape index (κ3) is 6.84. The van der Waals surface area contributed by atoms with E-state index in [4.69, 9.17) is 16.3 Å². The van der Waals surface area contributed by atoms with Crippen molar-refractivity contribution in [3.63, 3.8) is 0 Å². The van der Waals surface area contributed by atoms with Crippen LogP contribution in [0.25, 0.3) is 0 Å². The molecule has 27 heavy (non-hydrogen) atoms. The lowest BCUT2D eigenvalue weighted by Crippen LogP contribution is -2.47. The molecule has 7 heteroatoms. The predicted octanol–water partition coefficient (Wildman–Crippen LogP) is 4.01. The van der Waals surface area contributed by atoms with Gasteiger partial charge in [-0.25, -0.2) is 4.98 Å². The summed E-state index contributed by atoms with van der Waals surface area (Å²) >= 11 is 5.82. The van der Waals surface area contributed by atoms with Gasteiger partial charge in [0.2, 0.25) is 0 Å². The van der Waals surface area contributed by atoms with Crippen molar-refractivity contribution in [2.75, 3.05) is 26.7 Å². The van der Waals surface area contributed by atoms with Crippen molar-refractivity contribution in [1.29, 1.82) is 0 Å². The Balaban J connectivity index is 0.00000261. The molecule has 3 rings (SSSR count). The maximum absolute atomic E-state index is 6.06. The summed E-state index contributed by atoms with van der Waals surface area (Å²) in [6, 6.07) is 13.9. The van der Waals surface area contributed by atoms with Crippen LogP contribution in [-0.4, -0.2) is 48.6 Å². The van der Waals surface area contributed by atoms with Crippen molar-refractivity contribution in [2.24, 2.45) is 4.99 Å². The van der Waals surface area contributed by atoms with E-state index in [1.54, 1.807) is 0 Å². The van der Waals surface area contributed by atoms with E-state index in [1.807, 2.05) is 55.7 Å². The van der Waals surface area contributed by atoms with Crippen LogP contribution in [0.15, 0.2) is 53.7 Å². The molecule has 1 saturated heterocycles. The van der Waals surface area contributed by atoms with Gasteiger partial charge in [0.1, 0.15) is 17.0 Å². The number of piperidine rings is 1. The number of para-hydroxylation sites is 1. The van der Waals surface area contributed by atoms with E-state index in [0.717, 1.165) is 56.2 Å². The molecule has 1 aromatic carbocycles. The van der Waals surface area contributed by atoms with Gasteiger partial charge in [-0.3, -0.25) is 4.99 Å². The first-order valence-electron chi connectivity index (χ1n) is 9.02. The van der Waals surface area contributed by atoms with Crippen LogP contribution < -0.4 is 10.1 Å². The number of likely N-dealkylation sites (tertiary alicyclic amines) is 1. The average Bonchev–Trinajstić information content (AvgIpc) is 2.68. The highest BCUT2D eigenvalue weighted by Crippen LogP contribution is 2.18. The van der Waals surface area contributed by atoms with Crippen LogP contribution in [0.1, 0.15) is 18.4 Å². The zero-order valence-corrected chi connectivity index (χ0v) is 18.6. The Morgan fingerprint density at radius 1 is 1.22 bits per heavy atom. The molecule has 2 aromatic rings. The van der Waals surface area contributed by atoms with Gasteiger partial charge in [0, 0.05) is 45.7 Å². The fourth-order valence-corrected chi connectivity index (χ4v) is 3.19. The van der Waals surface area contributed by atoms with E-state index in [1.165, 1.54) is 0 Å². The summed E-state index contributed by atoms with van der Waals surface area (Å²) in [7, 11) is 1.83. The average molecular weight is 501 g/mol. The number of ether oxygens (including phenoxy) is 1. The molecular formula is C20H26ClIN4O. The van der Waals surface area contributed by atoms with E-state index in [0.29, 0.717) is 5.15 Å². The number of benzene rings is 1. The number of nitrogens with one attached hydrogen (secondary N) is 1. The Kier molecular flexibility index (Phi) is 9.14. The van der Waals surface area contributed by atoms with Crippen LogP contribution in [0.2, 0.25) is 5.15 Å². The topological polar surface area (TPSA) is 49.8 Å². The number of hydrogen-bond donors (Lipinski definition) is 1. The molecule has 0 atom stereocenters. The normalized spacial score (nSPS) is 15.2. The summed E-state index contributed by atoms with van der Waals surface area (Å²) in [6.45, 7) is 2.70. The molecule has 0 unspecified atom stereocenters. The zero-order chi connectivity index (χ0) is 18.2. The van der Waals surface area contributed by atoms with Crippen molar-refractivity contribution < 1.29 is 4.74 Å². The minimum absolute atomic E-state index is 0. The van der Waals surface area contributed by atoms with Crippen molar-refractivity contribution >= 4 is 41.5 Å². The Labute approximate surface area is 183 Å². The Morgan fingerprint density at radius 3 is 2.59 bits per heavy atom. The van der Waals surface area contributed by atoms with Gasteiger partial charge in [-0.2, -0.15) is 0 Å². The smallest absolute Gasteiger partial charge is 0.193 e. The minimum Gasteiger partial charge on any atom is -0.490 e. The van der Waals surface area contributed by atoms with Crippen LogP contribution in [0, 0.1) is 0 Å². The number of aliphatic imine (C=N–C) groups is 1. The van der Waals surface area contributed by atoms with E-state index < -0.39 is 0 Å². The number of hydrogen-bond acceptors (Lipinski definition) is 3. The zero-order valence-electron chi connectivity index (χ0n) is 15.5. The van der Waals surface area contributed by atoms with Gasteiger partial charge < -0.3 is 15.0 Å². The molecule has 0 aliphatic carbocycles. The molecule has 146 valence electrons. The lowest BCUT2D eigenvalue weighted by atomic mass is 10.1. The van der Waals surface area contributed by atoms with Crippen LogP contribution >= 0.6 is 35.6 Å². The maximum atomic E-state index is 6.06. The molecule has 2 heterocycles. The Morgan fingerprint density at radius 2 is 1.96 bits per heavy atom. The van der Waals surface area contributed by atoms with E-state index >= 15 is 0 Å². The van der Waals surface area contributed by atoms with Gasteiger partial charge in [0.15, 0.2) is 5.96 Å². The third-order valence-electron chi connectivity index (χ3n) is 4.48. The number of nitrogens with zero attached hydrogens (tertiary/aromatic N) is 3. The van der Waals surface area contributed by atoms with Gasteiger partial charge in [-0.15, -0.1) is 24.0 Å². The van der Waals surface area contributed by atoms with Gasteiger partial charge in [-0.1, -0.05) is 35.9 Å². The Hall–Kier alpha value is -1.54. The third-order valence-corrected chi connectivity index (χ3v) is 4.71. The van der Waals surface area contributed by atoms with Crippen LogP contribution in [-0.2, 0) is 6.42 Å². The molecule has 1 aliphatic rings. The lowest BCUT2D eigenvalue weighted by Gasteiger charge is -2.34. The number of rotatable bonds is 5. The van der Waals surface area contributed by atoms with Crippen LogP contribution in [0.4, 0.5) is 0 Å². The molecule has 0 radical (unpaired) electrons. The van der Waals surface area contributed by atoms with Gasteiger partial charge in [-0.05, 0) is 30.2 Å². The van der Waals surface area contributed by atoms with Crippen molar-refractivity contribution in [1.82, 2.24) is 15.2 Å². The maximum Gasteiger partial charge on any atom is 0.193 e. The summed E-state index contributed by atoms with van der Waals surface area (Å²) in [6.07, 6.45) is 4.97. The summed E-state index contributed by atoms with van der Waals surface area (Å²) in [4.78, 5) is 10.8. The van der Waals surface area contributed by atoms with E-state index in [9.17, 15) is 0 Å². The molecular weight excluding hydrogens is 475 g/mol. The fraction of sp³-hybridized carbons (Fsp3) is 0.400. The molecule has 0 bridgehead atoms. The molecule has 1 fully saturated rings. The highest BCUT2D eigenvalue weighted by molar-refractivity contribution is 14.0. The highest BCUT2D eigenvalue weighted by Gasteiger charge is 2.22. The summed E-state index contributed by atoms with van der Waals surface area (Å²) in [5.74, 6) is 1.90. The fourth-order valence-electron chi connectivity index (χ4n) is 3.08. The van der Waals surface area contributed by atoms with Crippen LogP contribution in [0.5, 0.6) is 5.75 Å². The minimum atomic E-state index is 0. The Bertz CT molecular complexity index is 704. The quantitative estimate of drug-likeness (QED) is 0.292. The predicted molar refractivity (Wildman–Crippen MR) is 121 cm³/mol. The number of guanidine groups is 1. The highest BCUT2D eigenvalue weighted by atomic mass is 127. The van der Waals surface area contributed by atoms with Crippen molar-refractivity contribution in [3.8, 4) is 5.75 Å². The van der Waals surface area contributed by atoms with Gasteiger partial charge in [0.05, 0.1) is 0 Å². The van der Waals surface area contributed by atoms with Crippen molar-refractivity contribution in [2.45, 2.75) is 25.4 Å². The number of pyridine rings is 1. The second-order valence-corrected chi connectivity index (χ2v) is 6.72. The molecule has 0 amide bonds.